The highest BCUT2D eigenvalue weighted by Crippen LogP contribution is 2.20. The molecule has 0 aliphatic carbocycles. The molecule has 0 aliphatic rings. The van der Waals surface area contributed by atoms with Crippen LogP contribution < -0.4 is 21.5 Å². The van der Waals surface area contributed by atoms with Crippen LogP contribution in [0.4, 0.5) is 5.69 Å². The fraction of sp³-hybridized carbons (Fsp3) is 0.211. The maximum atomic E-state index is 12.0. The first kappa shape index (κ1) is 20.7. The molecule has 8 heteroatoms. The van der Waals surface area contributed by atoms with Crippen molar-refractivity contribution in [2.45, 2.75) is 20.3 Å². The topological polar surface area (TPSA) is 82.3 Å². The Balaban J connectivity index is 1.79. The van der Waals surface area contributed by atoms with Gasteiger partial charge < -0.3 is 10.6 Å². The van der Waals surface area contributed by atoms with E-state index in [1.54, 1.807) is 24.3 Å². The molecule has 4 N–H and O–H groups in total. The molecular formula is C19H21ClN4O2S. The van der Waals surface area contributed by atoms with E-state index < -0.39 is 5.91 Å². The molecule has 0 aliphatic heterocycles. The minimum atomic E-state index is -0.429. The first-order valence-electron chi connectivity index (χ1n) is 8.38. The van der Waals surface area contributed by atoms with Gasteiger partial charge in [0.2, 0.25) is 0 Å². The number of thiocarbonyl (C=S) groups is 1. The zero-order valence-electron chi connectivity index (χ0n) is 15.1. The maximum Gasteiger partial charge on any atom is 0.257 e. The van der Waals surface area contributed by atoms with Gasteiger partial charge in [0.25, 0.3) is 11.8 Å². The summed E-state index contributed by atoms with van der Waals surface area (Å²) in [6, 6.07) is 12.4. The Labute approximate surface area is 168 Å². The van der Waals surface area contributed by atoms with Crippen molar-refractivity contribution in [3.8, 4) is 0 Å². The van der Waals surface area contributed by atoms with E-state index in [4.69, 9.17) is 23.8 Å². The summed E-state index contributed by atoms with van der Waals surface area (Å²) in [5.41, 5.74) is 8.60. The zero-order valence-corrected chi connectivity index (χ0v) is 16.6. The lowest BCUT2D eigenvalue weighted by molar-refractivity contribution is -0.120. The molecule has 0 fully saturated rings. The number of benzene rings is 2. The molecular weight excluding hydrogens is 384 g/mol. The van der Waals surface area contributed by atoms with Crippen LogP contribution in [0.25, 0.3) is 0 Å². The molecule has 27 heavy (non-hydrogen) atoms. The minimum Gasteiger partial charge on any atom is -0.343 e. The second-order valence-electron chi connectivity index (χ2n) is 5.78. The Morgan fingerprint density at radius 3 is 2.44 bits per heavy atom. The van der Waals surface area contributed by atoms with Crippen molar-refractivity contribution in [3.05, 3.63) is 64.2 Å². The van der Waals surface area contributed by atoms with Crippen LogP contribution >= 0.6 is 23.8 Å². The van der Waals surface area contributed by atoms with Crippen LogP contribution in [0.1, 0.15) is 28.4 Å². The van der Waals surface area contributed by atoms with Crippen LogP contribution in [0.5, 0.6) is 0 Å². The van der Waals surface area contributed by atoms with Gasteiger partial charge in [0, 0.05) is 16.3 Å². The van der Waals surface area contributed by atoms with Crippen molar-refractivity contribution in [2.75, 3.05) is 11.9 Å². The molecule has 6 nitrogen and oxygen atoms in total. The molecule has 0 radical (unpaired) electrons. The van der Waals surface area contributed by atoms with Gasteiger partial charge in [-0.2, -0.15) is 0 Å². The molecule has 0 saturated carbocycles. The van der Waals surface area contributed by atoms with E-state index in [9.17, 15) is 9.59 Å². The number of carbonyl (C=O) groups is 2. The Hall–Kier alpha value is -2.64. The highest BCUT2D eigenvalue weighted by atomic mass is 35.5. The summed E-state index contributed by atoms with van der Waals surface area (Å²) >= 11 is 11.0. The number of aryl methyl sites for hydroxylation is 2. The first-order valence-corrected chi connectivity index (χ1v) is 9.17. The van der Waals surface area contributed by atoms with E-state index in [0.29, 0.717) is 10.6 Å². The SMILES string of the molecule is CCc1cccc(C)c1NC(=S)NNC(=O)CNC(=O)c1ccc(Cl)cc1. The van der Waals surface area contributed by atoms with Crippen LogP contribution in [0.15, 0.2) is 42.5 Å². The Kier molecular flexibility index (Phi) is 7.57. The van der Waals surface area contributed by atoms with Crippen molar-refractivity contribution in [1.82, 2.24) is 16.2 Å². The fourth-order valence-corrected chi connectivity index (χ4v) is 2.66. The predicted molar refractivity (Wildman–Crippen MR) is 112 cm³/mol. The predicted octanol–water partition coefficient (Wildman–Crippen LogP) is 2.96. The number of hydrazine groups is 1. The van der Waals surface area contributed by atoms with Crippen LogP contribution in [0.3, 0.4) is 0 Å². The van der Waals surface area contributed by atoms with Gasteiger partial charge in [-0.15, -0.1) is 0 Å². The molecule has 2 aromatic carbocycles. The van der Waals surface area contributed by atoms with Gasteiger partial charge in [-0.25, -0.2) is 0 Å². The highest BCUT2D eigenvalue weighted by molar-refractivity contribution is 7.80. The largest absolute Gasteiger partial charge is 0.343 e. The average molecular weight is 405 g/mol. The van der Waals surface area contributed by atoms with Crippen molar-refractivity contribution in [2.24, 2.45) is 0 Å². The Morgan fingerprint density at radius 1 is 1.07 bits per heavy atom. The zero-order chi connectivity index (χ0) is 19.8. The summed E-state index contributed by atoms with van der Waals surface area (Å²) in [6.45, 7) is 3.85. The van der Waals surface area contributed by atoms with Gasteiger partial charge in [-0.05, 0) is 61.0 Å². The third-order valence-electron chi connectivity index (χ3n) is 3.81. The molecule has 0 saturated heterocycles. The number of carbonyl (C=O) groups excluding carboxylic acids is 2. The van der Waals surface area contributed by atoms with E-state index in [2.05, 4.69) is 28.4 Å². The van der Waals surface area contributed by atoms with Gasteiger partial charge in [0.15, 0.2) is 5.11 Å². The molecule has 0 aromatic heterocycles. The maximum absolute atomic E-state index is 12.0. The first-order chi connectivity index (χ1) is 12.9. The molecule has 2 amide bonds. The normalized spacial score (nSPS) is 10.0. The Bertz CT molecular complexity index is 840. The lowest BCUT2D eigenvalue weighted by Crippen LogP contribution is -2.47. The lowest BCUT2D eigenvalue weighted by Gasteiger charge is -2.16. The van der Waals surface area contributed by atoms with Crippen molar-refractivity contribution in [1.29, 1.82) is 0 Å². The summed E-state index contributed by atoms with van der Waals surface area (Å²) in [5.74, 6) is -0.794. The summed E-state index contributed by atoms with van der Waals surface area (Å²) in [5, 5.41) is 6.41. The summed E-state index contributed by atoms with van der Waals surface area (Å²) in [6.07, 6.45) is 0.857. The molecule has 0 atom stereocenters. The number of para-hydroxylation sites is 1. The minimum absolute atomic E-state index is 0.193. The number of amides is 2. The van der Waals surface area contributed by atoms with Gasteiger partial charge in [-0.1, -0.05) is 36.7 Å². The summed E-state index contributed by atoms with van der Waals surface area (Å²) in [7, 11) is 0. The monoisotopic (exact) mass is 404 g/mol. The quantitative estimate of drug-likeness (QED) is 0.455. The van der Waals surface area contributed by atoms with Crippen molar-refractivity contribution >= 4 is 46.4 Å². The molecule has 0 bridgehead atoms. The molecule has 2 rings (SSSR count). The number of halogens is 1. The van der Waals surface area contributed by atoms with E-state index >= 15 is 0 Å². The van der Waals surface area contributed by atoms with E-state index in [1.807, 2.05) is 25.1 Å². The highest BCUT2D eigenvalue weighted by Gasteiger charge is 2.09. The van der Waals surface area contributed by atoms with Crippen molar-refractivity contribution in [3.63, 3.8) is 0 Å². The molecule has 2 aromatic rings. The second kappa shape index (κ2) is 9.89. The van der Waals surface area contributed by atoms with Gasteiger partial charge in [0.05, 0.1) is 6.54 Å². The second-order valence-corrected chi connectivity index (χ2v) is 6.62. The van der Waals surface area contributed by atoms with Crippen LogP contribution in [-0.2, 0) is 11.2 Å². The standard InChI is InChI=1S/C19H21ClN4O2S/c1-3-13-6-4-5-12(2)17(13)22-19(27)24-23-16(25)11-21-18(26)14-7-9-15(20)10-8-14/h4-10H,3,11H2,1-2H3,(H,21,26)(H,23,25)(H2,22,24,27). The molecule has 0 spiro atoms. The number of nitrogens with one attached hydrogen (secondary N) is 4. The summed E-state index contributed by atoms with van der Waals surface area (Å²) < 4.78 is 0. The number of hydrogen-bond acceptors (Lipinski definition) is 3. The van der Waals surface area contributed by atoms with Gasteiger partial charge in [0.1, 0.15) is 0 Å². The molecule has 142 valence electrons. The third kappa shape index (κ3) is 6.23. The third-order valence-corrected chi connectivity index (χ3v) is 4.27. The van der Waals surface area contributed by atoms with Crippen LogP contribution in [0, 0.1) is 6.92 Å². The lowest BCUT2D eigenvalue weighted by atomic mass is 10.1. The summed E-state index contributed by atoms with van der Waals surface area (Å²) in [4.78, 5) is 23.8. The number of rotatable bonds is 5. The van der Waals surface area contributed by atoms with E-state index in [-0.39, 0.29) is 17.6 Å². The van der Waals surface area contributed by atoms with Crippen LogP contribution in [0.2, 0.25) is 5.02 Å². The van der Waals surface area contributed by atoms with E-state index in [1.165, 1.54) is 0 Å². The number of anilines is 1. The van der Waals surface area contributed by atoms with Crippen molar-refractivity contribution < 1.29 is 9.59 Å². The average Bonchev–Trinajstić information content (AvgIpc) is 2.66. The smallest absolute Gasteiger partial charge is 0.257 e. The fourth-order valence-electron chi connectivity index (χ4n) is 2.38. The molecule has 0 unspecified atom stereocenters. The Morgan fingerprint density at radius 2 is 1.78 bits per heavy atom. The van der Waals surface area contributed by atoms with Crippen LogP contribution in [-0.4, -0.2) is 23.5 Å². The van der Waals surface area contributed by atoms with Gasteiger partial charge in [-0.3, -0.25) is 20.4 Å². The van der Waals surface area contributed by atoms with Gasteiger partial charge >= 0.3 is 0 Å². The van der Waals surface area contributed by atoms with E-state index in [0.717, 1.165) is 23.2 Å². The number of hydrogen-bond donors (Lipinski definition) is 4. The molecule has 0 heterocycles.